The first kappa shape index (κ1) is 18.5. The molecule has 3 aromatic rings. The van der Waals surface area contributed by atoms with Crippen molar-refractivity contribution in [1.29, 1.82) is 0 Å². The van der Waals surface area contributed by atoms with Gasteiger partial charge in [-0.25, -0.2) is 0 Å². The first-order chi connectivity index (χ1) is 13.2. The number of aryl methyl sites for hydroxylation is 1. The zero-order valence-electron chi connectivity index (χ0n) is 15.4. The summed E-state index contributed by atoms with van der Waals surface area (Å²) in [6, 6.07) is 24.9. The Morgan fingerprint density at radius 2 is 1.48 bits per heavy atom. The monoisotopic (exact) mass is 361 g/mol. The van der Waals surface area contributed by atoms with Crippen molar-refractivity contribution in [3.8, 4) is 11.5 Å². The summed E-state index contributed by atoms with van der Waals surface area (Å²) >= 11 is 0. The van der Waals surface area contributed by atoms with Crippen LogP contribution in [0.1, 0.15) is 21.5 Å². The number of rotatable bonds is 8. The van der Waals surface area contributed by atoms with Crippen LogP contribution >= 0.6 is 0 Å². The molecule has 0 spiro atoms. The van der Waals surface area contributed by atoms with Gasteiger partial charge in [-0.15, -0.1) is 0 Å². The Morgan fingerprint density at radius 3 is 2.22 bits per heavy atom. The van der Waals surface area contributed by atoms with E-state index in [1.54, 1.807) is 12.1 Å². The average molecular weight is 361 g/mol. The summed E-state index contributed by atoms with van der Waals surface area (Å²) in [5.74, 6) is 1.33. The fraction of sp³-hybridized carbons (Fsp3) is 0.174. The summed E-state index contributed by atoms with van der Waals surface area (Å²) in [7, 11) is 0. The molecule has 4 heteroatoms. The Kier molecular flexibility index (Phi) is 6.47. The van der Waals surface area contributed by atoms with Crippen molar-refractivity contribution in [3.05, 3.63) is 95.6 Å². The molecule has 0 atom stereocenters. The molecule has 27 heavy (non-hydrogen) atoms. The van der Waals surface area contributed by atoms with Crippen molar-refractivity contribution < 1.29 is 14.3 Å². The fourth-order valence-corrected chi connectivity index (χ4v) is 2.55. The van der Waals surface area contributed by atoms with Crippen molar-refractivity contribution >= 4 is 5.91 Å². The van der Waals surface area contributed by atoms with Crippen molar-refractivity contribution in [2.24, 2.45) is 0 Å². The van der Waals surface area contributed by atoms with Crippen LogP contribution < -0.4 is 14.8 Å². The Morgan fingerprint density at radius 1 is 0.815 bits per heavy atom. The first-order valence-electron chi connectivity index (χ1n) is 8.95. The van der Waals surface area contributed by atoms with Gasteiger partial charge in [0.15, 0.2) is 0 Å². The molecule has 0 saturated carbocycles. The molecule has 0 aliphatic carbocycles. The summed E-state index contributed by atoms with van der Waals surface area (Å²) in [6.45, 7) is 3.38. The molecular formula is C23H23NO3. The second kappa shape index (κ2) is 9.43. The van der Waals surface area contributed by atoms with Gasteiger partial charge in [-0.1, -0.05) is 54.1 Å². The number of hydrogen-bond donors (Lipinski definition) is 1. The van der Waals surface area contributed by atoms with E-state index in [0.717, 1.165) is 11.3 Å². The van der Waals surface area contributed by atoms with Gasteiger partial charge in [-0.05, 0) is 42.8 Å². The SMILES string of the molecule is Cc1ccc(CNC(=O)c2cccc(OCCOc3ccccc3)c2)cc1. The van der Waals surface area contributed by atoms with E-state index in [1.807, 2.05) is 73.7 Å². The quantitative estimate of drug-likeness (QED) is 0.606. The van der Waals surface area contributed by atoms with Gasteiger partial charge in [0, 0.05) is 12.1 Å². The van der Waals surface area contributed by atoms with Crippen molar-refractivity contribution in [1.82, 2.24) is 5.32 Å². The lowest BCUT2D eigenvalue weighted by molar-refractivity contribution is 0.0950. The van der Waals surface area contributed by atoms with Gasteiger partial charge in [-0.2, -0.15) is 0 Å². The second-order valence-electron chi connectivity index (χ2n) is 6.21. The number of para-hydroxylation sites is 1. The first-order valence-corrected chi connectivity index (χ1v) is 8.95. The number of ether oxygens (including phenoxy) is 2. The zero-order valence-corrected chi connectivity index (χ0v) is 15.4. The van der Waals surface area contributed by atoms with Crippen LogP contribution in [0, 0.1) is 6.92 Å². The average Bonchev–Trinajstić information content (AvgIpc) is 2.71. The number of carbonyl (C=O) groups is 1. The van der Waals surface area contributed by atoms with E-state index in [0.29, 0.717) is 31.1 Å². The minimum atomic E-state index is -0.124. The summed E-state index contributed by atoms with van der Waals surface area (Å²) < 4.78 is 11.3. The van der Waals surface area contributed by atoms with Crippen LogP contribution in [-0.2, 0) is 6.54 Å². The molecule has 0 aliphatic rings. The van der Waals surface area contributed by atoms with Gasteiger partial charge in [-0.3, -0.25) is 4.79 Å². The highest BCUT2D eigenvalue weighted by Gasteiger charge is 2.07. The Bertz CT molecular complexity index is 860. The van der Waals surface area contributed by atoms with Crippen LogP contribution in [-0.4, -0.2) is 19.1 Å². The summed E-state index contributed by atoms with van der Waals surface area (Å²) in [5.41, 5.74) is 2.84. The molecule has 1 amide bonds. The highest BCUT2D eigenvalue weighted by Crippen LogP contribution is 2.14. The number of nitrogens with one attached hydrogen (secondary N) is 1. The third-order valence-electron chi connectivity index (χ3n) is 4.03. The highest BCUT2D eigenvalue weighted by atomic mass is 16.5. The van der Waals surface area contributed by atoms with Gasteiger partial charge in [0.05, 0.1) is 0 Å². The van der Waals surface area contributed by atoms with Gasteiger partial charge >= 0.3 is 0 Å². The number of amides is 1. The van der Waals surface area contributed by atoms with E-state index in [4.69, 9.17) is 9.47 Å². The standard InChI is InChI=1S/C23H23NO3/c1-18-10-12-19(13-11-18)17-24-23(25)20-6-5-9-22(16-20)27-15-14-26-21-7-3-2-4-8-21/h2-13,16H,14-15,17H2,1H3,(H,24,25). The van der Waals surface area contributed by atoms with Gasteiger partial charge < -0.3 is 14.8 Å². The number of hydrogen-bond acceptors (Lipinski definition) is 3. The van der Waals surface area contributed by atoms with E-state index < -0.39 is 0 Å². The molecule has 0 fully saturated rings. The topological polar surface area (TPSA) is 47.6 Å². The molecule has 0 heterocycles. The maximum Gasteiger partial charge on any atom is 0.251 e. The number of benzene rings is 3. The third kappa shape index (κ3) is 5.89. The van der Waals surface area contributed by atoms with Crippen molar-refractivity contribution in [2.45, 2.75) is 13.5 Å². The molecular weight excluding hydrogens is 338 g/mol. The summed E-state index contributed by atoms with van der Waals surface area (Å²) in [6.07, 6.45) is 0. The molecule has 138 valence electrons. The second-order valence-corrected chi connectivity index (χ2v) is 6.21. The molecule has 0 bridgehead atoms. The lowest BCUT2D eigenvalue weighted by Crippen LogP contribution is -2.22. The van der Waals surface area contributed by atoms with E-state index in [-0.39, 0.29) is 5.91 Å². The highest BCUT2D eigenvalue weighted by molar-refractivity contribution is 5.94. The van der Waals surface area contributed by atoms with E-state index >= 15 is 0 Å². The molecule has 3 aromatic carbocycles. The van der Waals surface area contributed by atoms with Gasteiger partial charge in [0.25, 0.3) is 5.91 Å². The molecule has 0 aliphatic heterocycles. The molecule has 1 N–H and O–H groups in total. The number of carbonyl (C=O) groups excluding carboxylic acids is 1. The van der Waals surface area contributed by atoms with Gasteiger partial charge in [0.2, 0.25) is 0 Å². The van der Waals surface area contributed by atoms with Crippen LogP contribution in [0.3, 0.4) is 0 Å². The third-order valence-corrected chi connectivity index (χ3v) is 4.03. The van der Waals surface area contributed by atoms with Crippen LogP contribution in [0.4, 0.5) is 0 Å². The minimum Gasteiger partial charge on any atom is -0.490 e. The smallest absolute Gasteiger partial charge is 0.251 e. The molecule has 0 unspecified atom stereocenters. The zero-order chi connectivity index (χ0) is 18.9. The maximum absolute atomic E-state index is 12.4. The Balaban J connectivity index is 1.47. The molecule has 0 aromatic heterocycles. The van der Waals surface area contributed by atoms with E-state index in [9.17, 15) is 4.79 Å². The Hall–Kier alpha value is -3.27. The van der Waals surface area contributed by atoms with Crippen LogP contribution in [0.15, 0.2) is 78.9 Å². The largest absolute Gasteiger partial charge is 0.490 e. The van der Waals surface area contributed by atoms with Crippen LogP contribution in [0.25, 0.3) is 0 Å². The molecule has 4 nitrogen and oxygen atoms in total. The Labute approximate surface area is 159 Å². The fourth-order valence-electron chi connectivity index (χ4n) is 2.55. The van der Waals surface area contributed by atoms with E-state index in [2.05, 4.69) is 5.32 Å². The summed E-state index contributed by atoms with van der Waals surface area (Å²) in [5, 5.41) is 2.93. The minimum absolute atomic E-state index is 0.124. The summed E-state index contributed by atoms with van der Waals surface area (Å²) in [4.78, 5) is 12.4. The predicted octanol–water partition coefficient (Wildman–Crippen LogP) is 4.38. The molecule has 0 radical (unpaired) electrons. The van der Waals surface area contributed by atoms with Crippen LogP contribution in [0.2, 0.25) is 0 Å². The van der Waals surface area contributed by atoms with Crippen molar-refractivity contribution in [2.75, 3.05) is 13.2 Å². The van der Waals surface area contributed by atoms with Crippen LogP contribution in [0.5, 0.6) is 11.5 Å². The van der Waals surface area contributed by atoms with Crippen molar-refractivity contribution in [3.63, 3.8) is 0 Å². The lowest BCUT2D eigenvalue weighted by atomic mass is 10.1. The normalized spacial score (nSPS) is 10.3. The predicted molar refractivity (Wildman–Crippen MR) is 106 cm³/mol. The lowest BCUT2D eigenvalue weighted by Gasteiger charge is -2.10. The maximum atomic E-state index is 12.4. The van der Waals surface area contributed by atoms with Gasteiger partial charge in [0.1, 0.15) is 24.7 Å². The molecule has 0 saturated heterocycles. The molecule has 3 rings (SSSR count). The van der Waals surface area contributed by atoms with E-state index in [1.165, 1.54) is 5.56 Å².